The maximum Gasteiger partial charge on any atom is 0.161 e. The Morgan fingerprint density at radius 2 is 1.85 bits per heavy atom. The minimum Gasteiger partial charge on any atom is -0.365 e. The molecule has 0 saturated carbocycles. The van der Waals surface area contributed by atoms with Crippen LogP contribution in [-0.2, 0) is 0 Å². The van der Waals surface area contributed by atoms with Crippen molar-refractivity contribution in [1.82, 2.24) is 9.88 Å². The summed E-state index contributed by atoms with van der Waals surface area (Å²) in [5, 5.41) is 4.26. The van der Waals surface area contributed by atoms with Crippen molar-refractivity contribution in [2.24, 2.45) is 11.8 Å². The number of rotatable bonds is 7. The van der Waals surface area contributed by atoms with Crippen LogP contribution in [0.2, 0.25) is 10.0 Å². The van der Waals surface area contributed by atoms with E-state index in [1.54, 1.807) is 6.07 Å². The van der Waals surface area contributed by atoms with Gasteiger partial charge >= 0.3 is 0 Å². The third-order valence-electron chi connectivity index (χ3n) is 2.75. The van der Waals surface area contributed by atoms with E-state index in [0.717, 1.165) is 13.0 Å². The van der Waals surface area contributed by atoms with E-state index in [4.69, 9.17) is 29.0 Å². The molecule has 1 rings (SSSR count). The highest BCUT2D eigenvalue weighted by atomic mass is 35.5. The first-order chi connectivity index (χ1) is 9.33. The van der Waals surface area contributed by atoms with Gasteiger partial charge in [0.25, 0.3) is 0 Å². The SMILES string of the molecule is CC(C)CC(CN(C)C)Nc1nc(NN)c(Cl)cc1Cl. The van der Waals surface area contributed by atoms with E-state index in [1.165, 1.54) is 0 Å². The van der Waals surface area contributed by atoms with Crippen LogP contribution in [-0.4, -0.2) is 36.6 Å². The largest absolute Gasteiger partial charge is 0.365 e. The molecule has 0 radical (unpaired) electrons. The van der Waals surface area contributed by atoms with E-state index in [1.807, 2.05) is 14.1 Å². The molecule has 0 saturated heterocycles. The Labute approximate surface area is 130 Å². The Bertz CT molecular complexity index is 427. The van der Waals surface area contributed by atoms with E-state index in [9.17, 15) is 0 Å². The van der Waals surface area contributed by atoms with Crippen LogP contribution in [0.1, 0.15) is 20.3 Å². The topological polar surface area (TPSA) is 66.2 Å². The lowest BCUT2D eigenvalue weighted by Crippen LogP contribution is -2.34. The molecule has 1 aromatic rings. The zero-order chi connectivity index (χ0) is 15.3. The molecule has 1 atom stereocenters. The fraction of sp³-hybridized carbons (Fsp3) is 0.615. The molecule has 0 spiro atoms. The van der Waals surface area contributed by atoms with Crippen LogP contribution < -0.4 is 16.6 Å². The molecular formula is C13H23Cl2N5. The second-order valence-electron chi connectivity index (χ2n) is 5.53. The van der Waals surface area contributed by atoms with Crippen molar-refractivity contribution in [1.29, 1.82) is 0 Å². The predicted molar refractivity (Wildman–Crippen MR) is 87.5 cm³/mol. The van der Waals surface area contributed by atoms with Crippen LogP contribution in [0, 0.1) is 5.92 Å². The van der Waals surface area contributed by atoms with Gasteiger partial charge in [-0.2, -0.15) is 0 Å². The summed E-state index contributed by atoms with van der Waals surface area (Å²) in [6.07, 6.45) is 1.02. The third kappa shape index (κ3) is 5.32. The molecule has 0 aliphatic heterocycles. The Hall–Kier alpha value is -0.750. The molecule has 1 aromatic heterocycles. The van der Waals surface area contributed by atoms with Crippen LogP contribution in [0.25, 0.3) is 0 Å². The number of anilines is 2. The number of nitrogens with two attached hydrogens (primary N) is 1. The predicted octanol–water partition coefficient (Wildman–Crippen LogP) is 3.06. The number of aromatic nitrogens is 1. The first-order valence-corrected chi connectivity index (χ1v) is 7.33. The van der Waals surface area contributed by atoms with Crippen LogP contribution in [0.15, 0.2) is 6.07 Å². The van der Waals surface area contributed by atoms with E-state index >= 15 is 0 Å². The highest BCUT2D eigenvalue weighted by molar-refractivity contribution is 6.37. The molecule has 5 nitrogen and oxygen atoms in total. The average Bonchev–Trinajstić information content (AvgIpc) is 2.30. The lowest BCUT2D eigenvalue weighted by Gasteiger charge is -2.25. The molecule has 20 heavy (non-hydrogen) atoms. The maximum atomic E-state index is 6.18. The standard InChI is InChI=1S/C13H23Cl2N5/c1-8(2)5-9(7-20(3)4)17-12-10(14)6-11(15)13(18-12)19-16/h6,8-9H,5,7,16H2,1-4H3,(H2,17,18,19). The lowest BCUT2D eigenvalue weighted by atomic mass is 10.0. The number of nitrogens with one attached hydrogen (secondary N) is 2. The molecule has 4 N–H and O–H groups in total. The Morgan fingerprint density at radius 1 is 1.25 bits per heavy atom. The van der Waals surface area contributed by atoms with Gasteiger partial charge in [0.2, 0.25) is 0 Å². The molecule has 0 bridgehead atoms. The molecule has 0 fully saturated rings. The van der Waals surface area contributed by atoms with E-state index in [-0.39, 0.29) is 6.04 Å². The summed E-state index contributed by atoms with van der Waals surface area (Å²) < 4.78 is 0. The summed E-state index contributed by atoms with van der Waals surface area (Å²) in [5.74, 6) is 6.96. The number of hydrogen-bond acceptors (Lipinski definition) is 5. The monoisotopic (exact) mass is 319 g/mol. The fourth-order valence-corrected chi connectivity index (χ4v) is 2.52. The first-order valence-electron chi connectivity index (χ1n) is 6.57. The van der Waals surface area contributed by atoms with Gasteiger partial charge in [-0.3, -0.25) is 0 Å². The minimum absolute atomic E-state index is 0.252. The molecule has 0 aliphatic carbocycles. The van der Waals surface area contributed by atoms with Crippen molar-refractivity contribution in [2.45, 2.75) is 26.3 Å². The molecule has 1 heterocycles. The second kappa shape index (κ2) is 7.88. The molecule has 114 valence electrons. The number of hydrogen-bond donors (Lipinski definition) is 3. The lowest BCUT2D eigenvalue weighted by molar-refractivity contribution is 0.356. The smallest absolute Gasteiger partial charge is 0.161 e. The van der Waals surface area contributed by atoms with Crippen molar-refractivity contribution in [3.8, 4) is 0 Å². The quantitative estimate of drug-likeness (QED) is 0.532. The number of likely N-dealkylation sites (N-methyl/N-ethyl adjacent to an activating group) is 1. The van der Waals surface area contributed by atoms with Gasteiger partial charge in [0.05, 0.1) is 10.0 Å². The number of pyridine rings is 1. The zero-order valence-corrected chi connectivity index (χ0v) is 13.9. The Kier molecular flexibility index (Phi) is 6.82. The molecule has 7 heteroatoms. The van der Waals surface area contributed by atoms with Gasteiger partial charge < -0.3 is 15.6 Å². The van der Waals surface area contributed by atoms with Crippen molar-refractivity contribution < 1.29 is 0 Å². The van der Waals surface area contributed by atoms with Crippen LogP contribution >= 0.6 is 23.2 Å². The summed E-state index contributed by atoms with van der Waals surface area (Å²) >= 11 is 12.2. The van der Waals surface area contributed by atoms with E-state index in [0.29, 0.717) is 27.6 Å². The number of halogens is 2. The number of nitrogens with zero attached hydrogens (tertiary/aromatic N) is 2. The summed E-state index contributed by atoms with van der Waals surface area (Å²) in [6.45, 7) is 5.27. The fourth-order valence-electron chi connectivity index (χ4n) is 2.05. The highest BCUT2D eigenvalue weighted by Crippen LogP contribution is 2.29. The van der Waals surface area contributed by atoms with Gasteiger partial charge in [-0.1, -0.05) is 37.0 Å². The van der Waals surface area contributed by atoms with Gasteiger partial charge in [0, 0.05) is 12.6 Å². The normalized spacial score (nSPS) is 12.8. The van der Waals surface area contributed by atoms with Crippen LogP contribution in [0.5, 0.6) is 0 Å². The van der Waals surface area contributed by atoms with E-state index in [2.05, 4.69) is 34.5 Å². The van der Waals surface area contributed by atoms with Crippen LogP contribution in [0.3, 0.4) is 0 Å². The number of nitrogen functional groups attached to an aromatic ring is 1. The summed E-state index contributed by atoms with van der Waals surface area (Å²) in [7, 11) is 4.08. The van der Waals surface area contributed by atoms with Gasteiger partial charge in [-0.25, -0.2) is 10.8 Å². The van der Waals surface area contributed by atoms with Gasteiger partial charge in [-0.05, 0) is 32.5 Å². The van der Waals surface area contributed by atoms with Crippen molar-refractivity contribution in [3.63, 3.8) is 0 Å². The van der Waals surface area contributed by atoms with Crippen LogP contribution in [0.4, 0.5) is 11.6 Å². The molecule has 0 aliphatic rings. The van der Waals surface area contributed by atoms with Crippen molar-refractivity contribution in [3.05, 3.63) is 16.1 Å². The Balaban J connectivity index is 2.91. The van der Waals surface area contributed by atoms with E-state index < -0.39 is 0 Å². The Morgan fingerprint density at radius 3 is 2.35 bits per heavy atom. The third-order valence-corrected chi connectivity index (χ3v) is 3.32. The molecular weight excluding hydrogens is 297 g/mol. The summed E-state index contributed by atoms with van der Waals surface area (Å²) in [6, 6.07) is 1.89. The van der Waals surface area contributed by atoms with Crippen molar-refractivity contribution in [2.75, 3.05) is 31.4 Å². The summed E-state index contributed by atoms with van der Waals surface area (Å²) in [5.41, 5.74) is 2.47. The minimum atomic E-state index is 0.252. The maximum absolute atomic E-state index is 6.18. The highest BCUT2D eigenvalue weighted by Gasteiger charge is 2.16. The van der Waals surface area contributed by atoms with Gasteiger partial charge in [0.1, 0.15) is 5.82 Å². The zero-order valence-electron chi connectivity index (χ0n) is 12.4. The average molecular weight is 320 g/mol. The first kappa shape index (κ1) is 17.3. The second-order valence-corrected chi connectivity index (χ2v) is 6.34. The molecule has 0 aromatic carbocycles. The molecule has 1 unspecified atom stereocenters. The van der Waals surface area contributed by atoms with Gasteiger partial charge in [-0.15, -0.1) is 0 Å². The molecule has 0 amide bonds. The van der Waals surface area contributed by atoms with Crippen molar-refractivity contribution >= 4 is 34.8 Å². The number of hydrazine groups is 1. The summed E-state index contributed by atoms with van der Waals surface area (Å²) in [4.78, 5) is 6.45. The van der Waals surface area contributed by atoms with Gasteiger partial charge in [0.15, 0.2) is 5.82 Å².